The lowest BCUT2D eigenvalue weighted by molar-refractivity contribution is 0.103. The highest BCUT2D eigenvalue weighted by atomic mass is 16.5. The van der Waals surface area contributed by atoms with Crippen molar-refractivity contribution in [3.05, 3.63) is 89.6 Å². The second-order valence-electron chi connectivity index (χ2n) is 5.56. The van der Waals surface area contributed by atoms with Gasteiger partial charge in [0.05, 0.1) is 5.56 Å². The third kappa shape index (κ3) is 4.23. The standard InChI is InChI=1S/C21H20N2O2/c1-2-22-21-19(12-7-13-23-21)20(24)17-10-6-11-18(14-17)25-15-16-8-4-3-5-9-16/h3-14H,2,15H2,1H3,(H,22,23). The number of anilines is 1. The van der Waals surface area contributed by atoms with E-state index >= 15 is 0 Å². The first-order valence-corrected chi connectivity index (χ1v) is 8.28. The molecule has 0 atom stereocenters. The van der Waals surface area contributed by atoms with Gasteiger partial charge >= 0.3 is 0 Å². The highest BCUT2D eigenvalue weighted by Crippen LogP contribution is 2.21. The normalized spacial score (nSPS) is 10.3. The van der Waals surface area contributed by atoms with Gasteiger partial charge in [-0.15, -0.1) is 0 Å². The van der Waals surface area contributed by atoms with Crippen LogP contribution in [0.4, 0.5) is 5.82 Å². The second-order valence-corrected chi connectivity index (χ2v) is 5.56. The summed E-state index contributed by atoms with van der Waals surface area (Å²) in [5.74, 6) is 1.20. The zero-order valence-corrected chi connectivity index (χ0v) is 14.1. The van der Waals surface area contributed by atoms with Gasteiger partial charge in [-0.1, -0.05) is 42.5 Å². The van der Waals surface area contributed by atoms with E-state index in [0.29, 0.717) is 35.8 Å². The number of nitrogens with one attached hydrogen (secondary N) is 1. The lowest BCUT2D eigenvalue weighted by Crippen LogP contribution is -2.09. The fourth-order valence-corrected chi connectivity index (χ4v) is 2.52. The van der Waals surface area contributed by atoms with E-state index in [1.807, 2.05) is 49.4 Å². The molecule has 0 aliphatic carbocycles. The van der Waals surface area contributed by atoms with E-state index in [4.69, 9.17) is 4.74 Å². The SMILES string of the molecule is CCNc1ncccc1C(=O)c1cccc(OCc2ccccc2)c1. The molecule has 4 heteroatoms. The van der Waals surface area contributed by atoms with Crippen LogP contribution >= 0.6 is 0 Å². The number of ketones is 1. The quantitative estimate of drug-likeness (QED) is 0.655. The molecule has 1 N–H and O–H groups in total. The van der Waals surface area contributed by atoms with E-state index in [2.05, 4.69) is 10.3 Å². The predicted molar refractivity (Wildman–Crippen MR) is 99.0 cm³/mol. The van der Waals surface area contributed by atoms with E-state index in [1.54, 1.807) is 30.5 Å². The third-order valence-electron chi connectivity index (χ3n) is 3.74. The average molecular weight is 332 g/mol. The number of hydrogen-bond acceptors (Lipinski definition) is 4. The molecule has 0 saturated heterocycles. The minimum atomic E-state index is -0.0748. The highest BCUT2D eigenvalue weighted by molar-refractivity contribution is 6.12. The molecule has 3 rings (SSSR count). The Balaban J connectivity index is 1.78. The summed E-state index contributed by atoms with van der Waals surface area (Å²) in [6.07, 6.45) is 1.67. The van der Waals surface area contributed by atoms with Crippen molar-refractivity contribution in [1.29, 1.82) is 0 Å². The van der Waals surface area contributed by atoms with Crippen LogP contribution in [0.3, 0.4) is 0 Å². The van der Waals surface area contributed by atoms with E-state index in [1.165, 1.54) is 0 Å². The minimum absolute atomic E-state index is 0.0748. The van der Waals surface area contributed by atoms with Crippen LogP contribution in [0.25, 0.3) is 0 Å². The van der Waals surface area contributed by atoms with Gasteiger partial charge in [0.2, 0.25) is 0 Å². The number of hydrogen-bond donors (Lipinski definition) is 1. The number of carbonyl (C=O) groups is 1. The van der Waals surface area contributed by atoms with Crippen molar-refractivity contribution in [2.75, 3.05) is 11.9 Å². The number of aromatic nitrogens is 1. The number of pyridine rings is 1. The second kappa shape index (κ2) is 8.11. The van der Waals surface area contributed by atoms with Gasteiger partial charge < -0.3 is 10.1 Å². The number of benzene rings is 2. The topological polar surface area (TPSA) is 51.2 Å². The molecule has 1 heterocycles. The van der Waals surface area contributed by atoms with Gasteiger partial charge in [-0.25, -0.2) is 4.98 Å². The van der Waals surface area contributed by atoms with Crippen molar-refractivity contribution in [2.45, 2.75) is 13.5 Å². The molecule has 3 aromatic rings. The van der Waals surface area contributed by atoms with Gasteiger partial charge in [0.1, 0.15) is 18.2 Å². The molecule has 0 aliphatic heterocycles. The van der Waals surface area contributed by atoms with Crippen LogP contribution in [-0.4, -0.2) is 17.3 Å². The average Bonchev–Trinajstić information content (AvgIpc) is 2.68. The van der Waals surface area contributed by atoms with Crippen molar-refractivity contribution in [3.8, 4) is 5.75 Å². The summed E-state index contributed by atoms with van der Waals surface area (Å²) in [6.45, 7) is 3.15. The van der Waals surface area contributed by atoms with Gasteiger partial charge in [-0.2, -0.15) is 0 Å². The summed E-state index contributed by atoms with van der Waals surface area (Å²) in [7, 11) is 0. The molecule has 25 heavy (non-hydrogen) atoms. The fourth-order valence-electron chi connectivity index (χ4n) is 2.52. The first-order valence-electron chi connectivity index (χ1n) is 8.28. The molecule has 1 aromatic heterocycles. The Kier molecular flexibility index (Phi) is 5.42. The molecule has 0 radical (unpaired) electrons. The molecule has 0 aliphatic rings. The lowest BCUT2D eigenvalue weighted by atomic mass is 10.0. The molecular weight excluding hydrogens is 312 g/mol. The Morgan fingerprint density at radius 3 is 2.68 bits per heavy atom. The van der Waals surface area contributed by atoms with Crippen molar-refractivity contribution < 1.29 is 9.53 Å². The van der Waals surface area contributed by atoms with Crippen LogP contribution in [-0.2, 0) is 6.61 Å². The van der Waals surface area contributed by atoms with E-state index in [0.717, 1.165) is 5.56 Å². The monoisotopic (exact) mass is 332 g/mol. The van der Waals surface area contributed by atoms with E-state index in [9.17, 15) is 4.79 Å². The lowest BCUT2D eigenvalue weighted by Gasteiger charge is -2.10. The number of rotatable bonds is 7. The molecule has 0 bridgehead atoms. The van der Waals surface area contributed by atoms with Gasteiger partial charge in [-0.3, -0.25) is 4.79 Å². The maximum atomic E-state index is 12.8. The summed E-state index contributed by atoms with van der Waals surface area (Å²) in [5, 5.41) is 3.12. The van der Waals surface area contributed by atoms with Gasteiger partial charge in [0, 0.05) is 18.3 Å². The molecule has 0 spiro atoms. The van der Waals surface area contributed by atoms with Crippen LogP contribution in [0.1, 0.15) is 28.4 Å². The van der Waals surface area contributed by atoms with Crippen LogP contribution < -0.4 is 10.1 Å². The first-order chi connectivity index (χ1) is 12.3. The summed E-state index contributed by atoms with van der Waals surface area (Å²) in [5.41, 5.74) is 2.23. The summed E-state index contributed by atoms with van der Waals surface area (Å²) in [6, 6.07) is 20.7. The minimum Gasteiger partial charge on any atom is -0.489 e. The molecule has 0 amide bonds. The third-order valence-corrected chi connectivity index (χ3v) is 3.74. The summed E-state index contributed by atoms with van der Waals surface area (Å²) in [4.78, 5) is 17.1. The van der Waals surface area contributed by atoms with Crippen LogP contribution in [0.5, 0.6) is 5.75 Å². The number of carbonyl (C=O) groups excluding carboxylic acids is 1. The fraction of sp³-hybridized carbons (Fsp3) is 0.143. The summed E-state index contributed by atoms with van der Waals surface area (Å²) >= 11 is 0. The maximum Gasteiger partial charge on any atom is 0.196 e. The molecule has 0 saturated carbocycles. The van der Waals surface area contributed by atoms with E-state index < -0.39 is 0 Å². The molecule has 2 aromatic carbocycles. The Bertz CT molecular complexity index is 847. The van der Waals surface area contributed by atoms with Crippen LogP contribution in [0.15, 0.2) is 72.9 Å². The zero-order chi connectivity index (χ0) is 17.5. The zero-order valence-electron chi connectivity index (χ0n) is 14.1. The Hall–Kier alpha value is -3.14. The molecular formula is C21H20N2O2. The largest absolute Gasteiger partial charge is 0.489 e. The van der Waals surface area contributed by atoms with Gasteiger partial charge in [0.15, 0.2) is 5.78 Å². The van der Waals surface area contributed by atoms with E-state index in [-0.39, 0.29) is 5.78 Å². The molecule has 0 unspecified atom stereocenters. The van der Waals surface area contributed by atoms with Crippen LogP contribution in [0, 0.1) is 0 Å². The maximum absolute atomic E-state index is 12.8. The van der Waals surface area contributed by atoms with Crippen molar-refractivity contribution in [1.82, 2.24) is 4.98 Å². The Morgan fingerprint density at radius 2 is 1.88 bits per heavy atom. The molecule has 4 nitrogen and oxygen atoms in total. The van der Waals surface area contributed by atoms with Gasteiger partial charge in [-0.05, 0) is 36.8 Å². The number of ether oxygens (including phenoxy) is 1. The number of nitrogens with zero attached hydrogens (tertiary/aromatic N) is 1. The van der Waals surface area contributed by atoms with Crippen LogP contribution in [0.2, 0.25) is 0 Å². The molecule has 0 fully saturated rings. The Labute approximate surface area is 147 Å². The highest BCUT2D eigenvalue weighted by Gasteiger charge is 2.14. The van der Waals surface area contributed by atoms with Gasteiger partial charge in [0.25, 0.3) is 0 Å². The predicted octanol–water partition coefficient (Wildman–Crippen LogP) is 4.32. The smallest absolute Gasteiger partial charge is 0.196 e. The Morgan fingerprint density at radius 1 is 1.04 bits per heavy atom. The van der Waals surface area contributed by atoms with Crippen molar-refractivity contribution in [2.24, 2.45) is 0 Å². The van der Waals surface area contributed by atoms with Crippen molar-refractivity contribution in [3.63, 3.8) is 0 Å². The first kappa shape index (κ1) is 16.7. The molecule has 126 valence electrons. The van der Waals surface area contributed by atoms with Crippen molar-refractivity contribution >= 4 is 11.6 Å². The summed E-state index contributed by atoms with van der Waals surface area (Å²) < 4.78 is 5.81.